The van der Waals surface area contributed by atoms with E-state index < -0.39 is 0 Å². The number of aryl methyl sites for hydroxylation is 1. The maximum atomic E-state index is 11.4. The smallest absolute Gasteiger partial charge is 0.349 e. The first kappa shape index (κ1) is 12.6. The van der Waals surface area contributed by atoms with Crippen LogP contribution < -0.4 is 11.0 Å². The van der Waals surface area contributed by atoms with Gasteiger partial charge in [-0.2, -0.15) is 5.10 Å². The van der Waals surface area contributed by atoms with E-state index in [0.29, 0.717) is 11.5 Å². The Morgan fingerprint density at radius 1 is 1.56 bits per heavy atom. The van der Waals surface area contributed by atoms with Gasteiger partial charge in [0.1, 0.15) is 11.6 Å². The molecule has 0 spiro atoms. The Morgan fingerprint density at radius 2 is 2.33 bits per heavy atom. The van der Waals surface area contributed by atoms with Gasteiger partial charge in [0.2, 0.25) is 0 Å². The molecule has 0 fully saturated rings. The lowest BCUT2D eigenvalue weighted by Crippen LogP contribution is -2.25. The minimum atomic E-state index is -0.257. The van der Waals surface area contributed by atoms with Gasteiger partial charge in [-0.3, -0.25) is 0 Å². The average Bonchev–Trinajstić information content (AvgIpc) is 2.71. The van der Waals surface area contributed by atoms with Crippen molar-refractivity contribution in [3.63, 3.8) is 0 Å². The molecule has 98 valence electrons. The average molecular weight is 250 g/mol. The number of likely N-dealkylation sites (N-methyl/N-ethyl adjacent to an activating group) is 1. The van der Waals surface area contributed by atoms with Crippen LogP contribution >= 0.6 is 0 Å². The number of H-pyrrole nitrogens is 1. The lowest BCUT2D eigenvalue weighted by atomic mass is 10.4. The van der Waals surface area contributed by atoms with Crippen molar-refractivity contribution in [3.05, 3.63) is 22.4 Å². The Kier molecular flexibility index (Phi) is 3.61. The van der Waals surface area contributed by atoms with E-state index in [4.69, 9.17) is 0 Å². The minimum Gasteiger partial charge on any atom is -0.369 e. The molecule has 2 heterocycles. The highest BCUT2D eigenvalue weighted by Crippen LogP contribution is 2.07. The van der Waals surface area contributed by atoms with Crippen LogP contribution in [-0.4, -0.2) is 51.2 Å². The maximum absolute atomic E-state index is 11.4. The molecule has 18 heavy (non-hydrogen) atoms. The second-order valence-corrected chi connectivity index (χ2v) is 4.23. The van der Waals surface area contributed by atoms with Crippen molar-refractivity contribution in [2.24, 2.45) is 0 Å². The summed E-state index contributed by atoms with van der Waals surface area (Å²) in [5.41, 5.74) is 0.325. The summed E-state index contributed by atoms with van der Waals surface area (Å²) in [6, 6.07) is 1.76. The Hall–Kier alpha value is -1.89. The van der Waals surface area contributed by atoms with Gasteiger partial charge in [0.05, 0.1) is 0 Å². The number of hydrogen-bond donors (Lipinski definition) is 2. The van der Waals surface area contributed by atoms with Crippen LogP contribution in [0.25, 0.3) is 5.65 Å². The molecule has 0 aliphatic carbocycles. The molecule has 0 aliphatic heterocycles. The van der Waals surface area contributed by atoms with Crippen molar-refractivity contribution in [2.75, 3.05) is 32.0 Å². The molecule has 0 radical (unpaired) electrons. The summed E-state index contributed by atoms with van der Waals surface area (Å²) in [6.45, 7) is 6.66. The number of hydrogen-bond acceptors (Lipinski definition) is 5. The fourth-order valence-corrected chi connectivity index (χ4v) is 1.72. The van der Waals surface area contributed by atoms with Crippen LogP contribution in [0.5, 0.6) is 0 Å². The number of nitrogens with zero attached hydrogens (tertiary/aromatic N) is 4. The lowest BCUT2D eigenvalue weighted by molar-refractivity contribution is 0.367. The van der Waals surface area contributed by atoms with E-state index in [1.165, 1.54) is 4.40 Å². The molecule has 7 nitrogen and oxygen atoms in total. The number of anilines is 1. The largest absolute Gasteiger partial charge is 0.369 e. The molecule has 2 rings (SSSR count). The number of nitrogens with one attached hydrogen (secondary N) is 2. The summed E-state index contributed by atoms with van der Waals surface area (Å²) in [6.07, 6.45) is 0. The highest BCUT2D eigenvalue weighted by Gasteiger charge is 2.06. The topological polar surface area (TPSA) is 78.3 Å². The molecule has 2 aromatic rings. The standard InChI is InChI=1S/C11H18N6O/c1-4-16(3)6-5-12-9-7-10-14-15-11(18)17(10)8(2)13-9/h7,12H,4-6H2,1-3H3,(H,15,18). The Morgan fingerprint density at radius 3 is 3.06 bits per heavy atom. The molecule has 2 aromatic heterocycles. The van der Waals surface area contributed by atoms with Crippen LogP contribution in [0, 0.1) is 6.92 Å². The third kappa shape index (κ3) is 2.51. The van der Waals surface area contributed by atoms with Crippen LogP contribution in [-0.2, 0) is 0 Å². The third-order valence-electron chi connectivity index (χ3n) is 2.91. The van der Waals surface area contributed by atoms with Crippen molar-refractivity contribution in [2.45, 2.75) is 13.8 Å². The van der Waals surface area contributed by atoms with E-state index in [9.17, 15) is 4.79 Å². The third-order valence-corrected chi connectivity index (χ3v) is 2.91. The van der Waals surface area contributed by atoms with Gasteiger partial charge in [-0.25, -0.2) is 19.3 Å². The van der Waals surface area contributed by atoms with Crippen LogP contribution in [0.15, 0.2) is 10.9 Å². The molecular weight excluding hydrogens is 232 g/mol. The minimum absolute atomic E-state index is 0.257. The quantitative estimate of drug-likeness (QED) is 0.786. The van der Waals surface area contributed by atoms with Crippen molar-refractivity contribution >= 4 is 11.5 Å². The normalized spacial score (nSPS) is 11.3. The fraction of sp³-hybridized carbons (Fsp3) is 0.545. The summed E-state index contributed by atoms with van der Waals surface area (Å²) in [5, 5.41) is 9.57. The van der Waals surface area contributed by atoms with E-state index in [-0.39, 0.29) is 5.69 Å². The van der Waals surface area contributed by atoms with Crippen LogP contribution in [0.2, 0.25) is 0 Å². The summed E-state index contributed by atoms with van der Waals surface area (Å²) in [7, 11) is 2.07. The van der Waals surface area contributed by atoms with Crippen LogP contribution in [0.4, 0.5) is 5.82 Å². The first-order valence-electron chi connectivity index (χ1n) is 5.99. The van der Waals surface area contributed by atoms with E-state index in [1.54, 1.807) is 13.0 Å². The molecular formula is C11H18N6O. The Balaban J connectivity index is 2.13. The first-order chi connectivity index (χ1) is 8.61. The Bertz CT molecular complexity index is 587. The van der Waals surface area contributed by atoms with Crippen molar-refractivity contribution in [3.8, 4) is 0 Å². The number of aromatic nitrogens is 4. The van der Waals surface area contributed by atoms with Gasteiger partial charge in [-0.1, -0.05) is 6.92 Å². The lowest BCUT2D eigenvalue weighted by Gasteiger charge is -2.14. The van der Waals surface area contributed by atoms with Crippen molar-refractivity contribution in [1.82, 2.24) is 24.5 Å². The maximum Gasteiger partial charge on any atom is 0.349 e. The van der Waals surface area contributed by atoms with E-state index in [1.807, 2.05) is 0 Å². The van der Waals surface area contributed by atoms with Gasteiger partial charge in [-0.05, 0) is 20.5 Å². The van der Waals surface area contributed by atoms with Gasteiger partial charge < -0.3 is 10.2 Å². The molecule has 0 aromatic carbocycles. The second kappa shape index (κ2) is 5.18. The zero-order valence-electron chi connectivity index (χ0n) is 10.9. The van der Waals surface area contributed by atoms with Crippen LogP contribution in [0.3, 0.4) is 0 Å². The van der Waals surface area contributed by atoms with Gasteiger partial charge in [0.15, 0.2) is 5.65 Å². The SMILES string of the molecule is CCN(C)CCNc1cc2n[nH]c(=O)n2c(C)n1. The zero-order valence-corrected chi connectivity index (χ0v) is 10.9. The molecule has 0 atom stereocenters. The number of rotatable bonds is 5. The van der Waals surface area contributed by atoms with Gasteiger partial charge in [-0.15, -0.1) is 0 Å². The molecule has 0 bridgehead atoms. The van der Waals surface area contributed by atoms with Crippen molar-refractivity contribution < 1.29 is 0 Å². The molecule has 0 aliphatic rings. The second-order valence-electron chi connectivity index (χ2n) is 4.23. The fourth-order valence-electron chi connectivity index (χ4n) is 1.72. The van der Waals surface area contributed by atoms with Gasteiger partial charge >= 0.3 is 5.69 Å². The van der Waals surface area contributed by atoms with Gasteiger partial charge in [0, 0.05) is 19.2 Å². The van der Waals surface area contributed by atoms with Crippen molar-refractivity contribution in [1.29, 1.82) is 0 Å². The molecule has 0 unspecified atom stereocenters. The predicted octanol–water partition coefficient (Wildman–Crippen LogP) is 0.0896. The summed E-state index contributed by atoms with van der Waals surface area (Å²) >= 11 is 0. The zero-order chi connectivity index (χ0) is 13.1. The predicted molar refractivity (Wildman–Crippen MR) is 70.0 cm³/mol. The Labute approximate surface area is 105 Å². The summed E-state index contributed by atoms with van der Waals surface area (Å²) in [4.78, 5) is 18.0. The molecule has 2 N–H and O–H groups in total. The first-order valence-corrected chi connectivity index (χ1v) is 5.99. The molecule has 0 amide bonds. The highest BCUT2D eigenvalue weighted by atomic mass is 16.1. The molecule has 7 heteroatoms. The van der Waals surface area contributed by atoms with Gasteiger partial charge in [0.25, 0.3) is 0 Å². The van der Waals surface area contributed by atoms with E-state index in [2.05, 4.69) is 39.4 Å². The molecule has 0 saturated heterocycles. The highest BCUT2D eigenvalue weighted by molar-refractivity contribution is 5.49. The van der Waals surface area contributed by atoms with E-state index >= 15 is 0 Å². The summed E-state index contributed by atoms with van der Waals surface area (Å²) < 4.78 is 1.45. The van der Waals surface area contributed by atoms with Crippen LogP contribution in [0.1, 0.15) is 12.7 Å². The number of fused-ring (bicyclic) bond motifs is 1. The molecule has 0 saturated carbocycles. The monoisotopic (exact) mass is 250 g/mol. The summed E-state index contributed by atoms with van der Waals surface area (Å²) in [5.74, 6) is 1.36. The van der Waals surface area contributed by atoms with E-state index in [0.717, 1.165) is 25.5 Å². The number of aromatic amines is 1.